The molecule has 5 fully saturated rings. The van der Waals surface area contributed by atoms with Gasteiger partial charge in [-0.15, -0.1) is 0 Å². The molecule has 4 saturated carbocycles. The van der Waals surface area contributed by atoms with Gasteiger partial charge in [0.05, 0.1) is 19.3 Å². The second kappa shape index (κ2) is 7.68. The Morgan fingerprint density at radius 3 is 2.41 bits per heavy atom. The Bertz CT molecular complexity index is 875. The number of aliphatic hydroxyl groups excluding tert-OH is 1. The average Bonchev–Trinajstić information content (AvgIpc) is 3.31. The van der Waals surface area contributed by atoms with E-state index in [1.54, 1.807) is 6.92 Å². The minimum Gasteiger partial charge on any atom is -0.458 e. The van der Waals surface area contributed by atoms with Crippen molar-refractivity contribution in [1.82, 2.24) is 0 Å². The van der Waals surface area contributed by atoms with Crippen molar-refractivity contribution in [3.05, 3.63) is 0 Å². The van der Waals surface area contributed by atoms with E-state index in [0.29, 0.717) is 32.5 Å². The van der Waals surface area contributed by atoms with Crippen molar-refractivity contribution in [1.29, 1.82) is 0 Å². The zero-order valence-corrected chi connectivity index (χ0v) is 20.2. The summed E-state index contributed by atoms with van der Waals surface area (Å²) >= 11 is 0. The summed E-state index contributed by atoms with van der Waals surface area (Å²) in [6.45, 7) is 5.17. The molecule has 0 amide bonds. The number of fused-ring (bicyclic) bond motifs is 5. The van der Waals surface area contributed by atoms with E-state index >= 15 is 4.39 Å². The molecule has 1 aliphatic heterocycles. The van der Waals surface area contributed by atoms with E-state index in [-0.39, 0.29) is 43.4 Å². The number of aliphatic hydroxyl groups is 3. The molecule has 192 valence electrons. The van der Waals surface area contributed by atoms with Crippen LogP contribution in [-0.4, -0.2) is 76.2 Å². The first-order chi connectivity index (χ1) is 15.8. The van der Waals surface area contributed by atoms with Gasteiger partial charge in [-0.25, -0.2) is 4.39 Å². The minimum absolute atomic E-state index is 0.0281. The van der Waals surface area contributed by atoms with E-state index in [2.05, 4.69) is 0 Å². The standard InChI is InChI=1S/C25H37FO8/c1-14(27)32-12-19(29)24(30)5-4-16-15-10-18(26)25(31)13-23(33-8-9-34-23)7-6-21(25,2)20(15)17(28)11-22(16,24)3/h15-18,20,28,30-31H,4-13H2,1-3H3/t15-,16+,17+,18-,20-,21+,22+,24-,25-/m0/s1. The molecule has 5 aliphatic rings. The molecule has 0 aromatic carbocycles. The monoisotopic (exact) mass is 484 g/mol. The Balaban J connectivity index is 1.47. The number of Topliss-reactive ketones (excluding diaryl/α,β-unsaturated/α-hetero) is 1. The molecule has 0 aromatic rings. The van der Waals surface area contributed by atoms with Crippen LogP contribution in [0, 0.1) is 28.6 Å². The lowest BCUT2D eigenvalue weighted by Gasteiger charge is -2.66. The van der Waals surface area contributed by atoms with Crippen LogP contribution in [0.3, 0.4) is 0 Å². The molecule has 9 atom stereocenters. The van der Waals surface area contributed by atoms with Gasteiger partial charge < -0.3 is 29.5 Å². The van der Waals surface area contributed by atoms with E-state index in [4.69, 9.17) is 14.2 Å². The molecular weight excluding hydrogens is 447 g/mol. The first kappa shape index (κ1) is 24.6. The third-order valence-electron chi connectivity index (χ3n) is 10.6. The lowest BCUT2D eigenvalue weighted by atomic mass is 9.41. The van der Waals surface area contributed by atoms with Crippen LogP contribution in [0.15, 0.2) is 0 Å². The van der Waals surface area contributed by atoms with Gasteiger partial charge in [0.25, 0.3) is 0 Å². The van der Waals surface area contributed by atoms with Crippen LogP contribution >= 0.6 is 0 Å². The van der Waals surface area contributed by atoms with Gasteiger partial charge in [0.2, 0.25) is 5.78 Å². The fraction of sp³-hybridized carbons (Fsp3) is 0.920. The van der Waals surface area contributed by atoms with Gasteiger partial charge >= 0.3 is 5.97 Å². The Morgan fingerprint density at radius 1 is 1.09 bits per heavy atom. The molecule has 5 rings (SSSR count). The fourth-order valence-corrected chi connectivity index (χ4v) is 8.80. The molecule has 0 unspecified atom stereocenters. The van der Waals surface area contributed by atoms with Gasteiger partial charge in [-0.05, 0) is 49.9 Å². The molecule has 0 bridgehead atoms. The highest BCUT2D eigenvalue weighted by Gasteiger charge is 2.74. The van der Waals surface area contributed by atoms with E-state index in [0.717, 1.165) is 0 Å². The van der Waals surface area contributed by atoms with Crippen LogP contribution in [-0.2, 0) is 23.8 Å². The number of hydrogen-bond acceptors (Lipinski definition) is 8. The summed E-state index contributed by atoms with van der Waals surface area (Å²) in [5, 5.41) is 34.9. The van der Waals surface area contributed by atoms with E-state index in [9.17, 15) is 24.9 Å². The fourth-order valence-electron chi connectivity index (χ4n) is 8.80. The van der Waals surface area contributed by atoms with E-state index < -0.39 is 58.5 Å². The highest BCUT2D eigenvalue weighted by molar-refractivity contribution is 5.91. The van der Waals surface area contributed by atoms with E-state index in [1.807, 2.05) is 6.92 Å². The van der Waals surface area contributed by atoms with Crippen molar-refractivity contribution in [2.45, 2.75) is 95.0 Å². The lowest BCUT2D eigenvalue weighted by Crippen LogP contribution is -2.72. The number of carbonyl (C=O) groups is 2. The van der Waals surface area contributed by atoms with Crippen molar-refractivity contribution < 1.29 is 43.5 Å². The number of ketones is 1. The quantitative estimate of drug-likeness (QED) is 0.517. The van der Waals surface area contributed by atoms with Gasteiger partial charge in [-0.1, -0.05) is 13.8 Å². The van der Waals surface area contributed by atoms with Crippen molar-refractivity contribution in [2.75, 3.05) is 19.8 Å². The van der Waals surface area contributed by atoms with Crippen LogP contribution in [0.25, 0.3) is 0 Å². The molecule has 4 aliphatic carbocycles. The lowest BCUT2D eigenvalue weighted by molar-refractivity contribution is -0.315. The molecule has 9 heteroatoms. The maximum Gasteiger partial charge on any atom is 0.303 e. The predicted molar refractivity (Wildman–Crippen MR) is 116 cm³/mol. The molecule has 3 N–H and O–H groups in total. The van der Waals surface area contributed by atoms with Crippen LogP contribution in [0.2, 0.25) is 0 Å². The van der Waals surface area contributed by atoms with Gasteiger partial charge in [0.1, 0.15) is 17.4 Å². The number of rotatable bonds is 3. The SMILES string of the molecule is CC(=O)OCC(=O)[C@@]1(O)CC[C@@H]2[C@@H]3C[C@H](F)[C@@]4(O)CC5(CC[C@]4(C)[C@@H]3[C@H](O)C[C@]21C)OCCO5. The molecule has 8 nitrogen and oxygen atoms in total. The summed E-state index contributed by atoms with van der Waals surface area (Å²) in [6.07, 6.45) is -0.621. The van der Waals surface area contributed by atoms with Gasteiger partial charge in [-0.2, -0.15) is 0 Å². The second-order valence-electron chi connectivity index (χ2n) is 11.9. The molecular formula is C25H37FO8. The maximum absolute atomic E-state index is 16.0. The first-order valence-corrected chi connectivity index (χ1v) is 12.5. The van der Waals surface area contributed by atoms with E-state index in [1.165, 1.54) is 6.92 Å². The van der Waals surface area contributed by atoms with Crippen LogP contribution in [0.5, 0.6) is 0 Å². The summed E-state index contributed by atoms with van der Waals surface area (Å²) in [5.41, 5.74) is -5.35. The summed E-state index contributed by atoms with van der Waals surface area (Å²) in [5.74, 6) is -3.05. The Hall–Kier alpha value is -1.13. The number of hydrogen-bond donors (Lipinski definition) is 3. The molecule has 0 radical (unpaired) electrons. The van der Waals surface area contributed by atoms with Crippen molar-refractivity contribution in [3.63, 3.8) is 0 Å². The van der Waals surface area contributed by atoms with Crippen molar-refractivity contribution >= 4 is 11.8 Å². The third-order valence-corrected chi connectivity index (χ3v) is 10.6. The van der Waals surface area contributed by atoms with Gasteiger partial charge in [0, 0.05) is 30.6 Å². The number of halogens is 1. The number of esters is 1. The molecule has 1 spiro atoms. The molecule has 1 saturated heterocycles. The Kier molecular flexibility index (Phi) is 5.55. The average molecular weight is 485 g/mol. The highest BCUT2D eigenvalue weighted by atomic mass is 19.1. The number of alkyl halides is 1. The Morgan fingerprint density at radius 2 is 1.76 bits per heavy atom. The third kappa shape index (κ3) is 3.06. The van der Waals surface area contributed by atoms with Crippen LogP contribution in [0.4, 0.5) is 4.39 Å². The van der Waals surface area contributed by atoms with Crippen LogP contribution in [0.1, 0.15) is 65.7 Å². The zero-order valence-electron chi connectivity index (χ0n) is 20.2. The van der Waals surface area contributed by atoms with Gasteiger partial charge in [-0.3, -0.25) is 9.59 Å². The summed E-state index contributed by atoms with van der Waals surface area (Å²) in [4.78, 5) is 24.2. The van der Waals surface area contributed by atoms with Crippen LogP contribution < -0.4 is 0 Å². The predicted octanol–water partition coefficient (Wildman–Crippen LogP) is 1.67. The minimum atomic E-state index is -1.76. The smallest absolute Gasteiger partial charge is 0.303 e. The molecule has 1 heterocycles. The molecule has 34 heavy (non-hydrogen) atoms. The number of carbonyl (C=O) groups excluding carboxylic acids is 2. The summed E-state index contributed by atoms with van der Waals surface area (Å²) in [7, 11) is 0. The zero-order chi connectivity index (χ0) is 24.7. The first-order valence-electron chi connectivity index (χ1n) is 12.5. The Labute approximate surface area is 199 Å². The second-order valence-corrected chi connectivity index (χ2v) is 11.9. The normalized spacial score (nSPS) is 51.4. The number of ether oxygens (including phenoxy) is 3. The van der Waals surface area contributed by atoms with Gasteiger partial charge in [0.15, 0.2) is 12.4 Å². The molecule has 0 aromatic heterocycles. The van der Waals surface area contributed by atoms with Crippen molar-refractivity contribution in [3.8, 4) is 0 Å². The summed E-state index contributed by atoms with van der Waals surface area (Å²) in [6, 6.07) is 0. The summed E-state index contributed by atoms with van der Waals surface area (Å²) < 4.78 is 32.5. The largest absolute Gasteiger partial charge is 0.458 e. The highest BCUT2D eigenvalue weighted by Crippen LogP contribution is 2.70. The maximum atomic E-state index is 16.0. The van der Waals surface area contributed by atoms with Crippen molar-refractivity contribution in [2.24, 2.45) is 28.6 Å². The topological polar surface area (TPSA) is 123 Å².